The molecule has 2 aromatic carbocycles. The fourth-order valence-electron chi connectivity index (χ4n) is 3.16. The number of carbonyl (C=O) groups is 2. The third-order valence-corrected chi connectivity index (χ3v) is 4.62. The smallest absolute Gasteiger partial charge is 0.419 e. The van der Waals surface area contributed by atoms with E-state index in [9.17, 15) is 35.9 Å². The lowest BCUT2D eigenvalue weighted by Crippen LogP contribution is -2.32. The van der Waals surface area contributed by atoms with Crippen molar-refractivity contribution in [3.8, 4) is 11.5 Å². The maximum absolute atomic E-state index is 14.8. The number of nitrogens with zero attached hydrogens (tertiary/aromatic N) is 1. The molecule has 1 heterocycles. The van der Waals surface area contributed by atoms with E-state index >= 15 is 0 Å². The first kappa shape index (κ1) is 22.4. The molecule has 0 aliphatic carbocycles. The number of amides is 2. The molecule has 31 heavy (non-hydrogen) atoms. The molecule has 0 aromatic heterocycles. The lowest BCUT2D eigenvalue weighted by Gasteiger charge is -2.21. The average molecular weight is 443 g/mol. The normalized spacial score (nSPS) is 14.0. The first-order chi connectivity index (χ1) is 14.5. The Morgan fingerprint density at radius 2 is 1.58 bits per heavy atom. The Balaban J connectivity index is 2.12. The zero-order valence-corrected chi connectivity index (χ0v) is 16.2. The van der Waals surface area contributed by atoms with Gasteiger partial charge in [-0.05, 0) is 31.0 Å². The molecule has 1 aliphatic rings. The molecule has 0 atom stereocenters. The highest BCUT2D eigenvalue weighted by atomic mass is 19.4. The number of carbonyl (C=O) groups excluding carboxylic acids is 2. The Labute approximate surface area is 172 Å². The Morgan fingerprint density at radius 3 is 2.13 bits per heavy atom. The number of alkyl halides is 3. The van der Waals surface area contributed by atoms with Gasteiger partial charge in [0.25, 0.3) is 11.8 Å². The molecule has 3 rings (SSSR count). The van der Waals surface area contributed by atoms with E-state index < -0.39 is 63.8 Å². The third-order valence-electron chi connectivity index (χ3n) is 4.62. The Bertz CT molecular complexity index is 1060. The van der Waals surface area contributed by atoms with Crippen LogP contribution in [0.3, 0.4) is 0 Å². The van der Waals surface area contributed by atoms with Gasteiger partial charge in [0.15, 0.2) is 11.6 Å². The quantitative estimate of drug-likeness (QED) is 0.343. The van der Waals surface area contributed by atoms with Gasteiger partial charge in [-0.1, -0.05) is 19.4 Å². The number of benzene rings is 2. The van der Waals surface area contributed by atoms with Crippen LogP contribution in [0.5, 0.6) is 11.5 Å². The number of imide groups is 1. The van der Waals surface area contributed by atoms with E-state index in [2.05, 4.69) is 0 Å². The van der Waals surface area contributed by atoms with Crippen LogP contribution in [-0.2, 0) is 22.2 Å². The van der Waals surface area contributed by atoms with Crippen LogP contribution < -0.4 is 9.64 Å². The number of aryl methyl sites for hydroxylation is 1. The summed E-state index contributed by atoms with van der Waals surface area (Å²) in [5, 5.41) is 0. The van der Waals surface area contributed by atoms with Crippen molar-refractivity contribution >= 4 is 17.5 Å². The molecule has 2 amide bonds. The van der Waals surface area contributed by atoms with Gasteiger partial charge in [-0.25, -0.2) is 13.7 Å². The molecule has 0 saturated carbocycles. The summed E-state index contributed by atoms with van der Waals surface area (Å²) in [6.45, 7) is 2.70. The number of rotatable bonds is 5. The maximum atomic E-state index is 14.8. The second-order valence-corrected chi connectivity index (χ2v) is 6.77. The average Bonchev–Trinajstić information content (AvgIpc) is 3.03. The molecule has 2 aromatic rings. The van der Waals surface area contributed by atoms with E-state index in [1.807, 2.05) is 0 Å². The third kappa shape index (κ3) is 4.01. The Kier molecular flexibility index (Phi) is 5.84. The maximum Gasteiger partial charge on any atom is 0.419 e. The van der Waals surface area contributed by atoms with E-state index in [-0.39, 0.29) is 4.90 Å². The summed E-state index contributed by atoms with van der Waals surface area (Å²) < 4.78 is 89.4. The molecule has 0 saturated heterocycles. The fourth-order valence-corrected chi connectivity index (χ4v) is 3.16. The summed E-state index contributed by atoms with van der Waals surface area (Å²) in [7, 11) is 0. The summed E-state index contributed by atoms with van der Waals surface area (Å²) in [5.41, 5.74) is -2.61. The van der Waals surface area contributed by atoms with Crippen LogP contribution in [0.25, 0.3) is 0 Å². The minimum absolute atomic E-state index is 0.224. The van der Waals surface area contributed by atoms with Gasteiger partial charge < -0.3 is 4.74 Å². The van der Waals surface area contributed by atoms with Crippen LogP contribution in [0.15, 0.2) is 30.4 Å². The van der Waals surface area contributed by atoms with Crippen molar-refractivity contribution in [3.05, 3.63) is 64.5 Å². The molecule has 0 radical (unpaired) electrons. The van der Waals surface area contributed by atoms with Crippen molar-refractivity contribution in [2.75, 3.05) is 4.90 Å². The van der Waals surface area contributed by atoms with E-state index in [0.717, 1.165) is 31.2 Å². The Morgan fingerprint density at radius 1 is 0.968 bits per heavy atom. The standard InChI is InChI=1S/C21H15F6NO3/c1-3-4-11-5-6-13(12(9-11)21(25,26)27)31-20-16(22)10(2)19(17(23)18(20)24)28-14(29)7-8-15(28)30/h5-9H,3-4H2,1-2H3. The van der Waals surface area contributed by atoms with Gasteiger partial charge in [0.05, 0.1) is 11.3 Å². The number of hydrogen-bond donors (Lipinski definition) is 0. The predicted octanol–water partition coefficient (Wildman–Crippen LogP) is 5.61. The molecule has 0 N–H and O–H groups in total. The van der Waals surface area contributed by atoms with E-state index in [4.69, 9.17) is 4.74 Å². The molecule has 164 valence electrons. The van der Waals surface area contributed by atoms with Gasteiger partial charge >= 0.3 is 6.18 Å². The lowest BCUT2D eigenvalue weighted by atomic mass is 10.1. The van der Waals surface area contributed by atoms with Crippen LogP contribution >= 0.6 is 0 Å². The fraction of sp³-hybridized carbons (Fsp3) is 0.238. The molecular formula is C21H15F6NO3. The number of hydrogen-bond acceptors (Lipinski definition) is 3. The second-order valence-electron chi connectivity index (χ2n) is 6.77. The molecule has 1 aliphatic heterocycles. The van der Waals surface area contributed by atoms with Crippen molar-refractivity contribution in [1.29, 1.82) is 0 Å². The monoisotopic (exact) mass is 443 g/mol. The summed E-state index contributed by atoms with van der Waals surface area (Å²) in [4.78, 5) is 23.8. The van der Waals surface area contributed by atoms with Gasteiger partial charge in [-0.15, -0.1) is 0 Å². The van der Waals surface area contributed by atoms with Gasteiger partial charge in [-0.3, -0.25) is 9.59 Å². The summed E-state index contributed by atoms with van der Waals surface area (Å²) in [6, 6.07) is 2.99. The SMILES string of the molecule is CCCc1ccc(Oc2c(F)c(C)c(N3C(=O)C=CC3=O)c(F)c2F)c(C(F)(F)F)c1. The summed E-state index contributed by atoms with van der Waals surface area (Å²) in [6.07, 6.45) is -2.43. The zero-order chi connectivity index (χ0) is 23.1. The topological polar surface area (TPSA) is 46.6 Å². The van der Waals surface area contributed by atoms with Crippen LogP contribution in [0.1, 0.15) is 30.0 Å². The van der Waals surface area contributed by atoms with Gasteiger partial charge in [0, 0.05) is 17.7 Å². The number of halogens is 6. The van der Waals surface area contributed by atoms with Crippen LogP contribution in [0.4, 0.5) is 32.0 Å². The molecule has 0 fully saturated rings. The van der Waals surface area contributed by atoms with E-state index in [1.165, 1.54) is 6.07 Å². The van der Waals surface area contributed by atoms with Gasteiger partial charge in [-0.2, -0.15) is 17.6 Å². The highest BCUT2D eigenvalue weighted by Crippen LogP contribution is 2.43. The van der Waals surface area contributed by atoms with Crippen molar-refractivity contribution < 1.29 is 40.7 Å². The lowest BCUT2D eigenvalue weighted by molar-refractivity contribution is -0.138. The molecule has 4 nitrogen and oxygen atoms in total. The van der Waals surface area contributed by atoms with E-state index in [0.29, 0.717) is 18.4 Å². The Hall–Kier alpha value is -3.30. The van der Waals surface area contributed by atoms with Crippen LogP contribution in [0, 0.1) is 24.4 Å². The van der Waals surface area contributed by atoms with Crippen LogP contribution in [0.2, 0.25) is 0 Å². The van der Waals surface area contributed by atoms with Gasteiger partial charge in [0.2, 0.25) is 11.6 Å². The highest BCUT2D eigenvalue weighted by molar-refractivity contribution is 6.28. The summed E-state index contributed by atoms with van der Waals surface area (Å²) >= 11 is 0. The molecule has 10 heteroatoms. The largest absolute Gasteiger partial charge is 0.450 e. The zero-order valence-electron chi connectivity index (χ0n) is 16.2. The minimum atomic E-state index is -4.90. The van der Waals surface area contributed by atoms with Gasteiger partial charge in [0.1, 0.15) is 5.75 Å². The first-order valence-electron chi connectivity index (χ1n) is 9.08. The van der Waals surface area contributed by atoms with Crippen LogP contribution in [-0.4, -0.2) is 11.8 Å². The van der Waals surface area contributed by atoms with E-state index in [1.54, 1.807) is 6.92 Å². The molecule has 0 unspecified atom stereocenters. The van der Waals surface area contributed by atoms with Crippen molar-refractivity contribution in [2.24, 2.45) is 0 Å². The predicted molar refractivity (Wildman–Crippen MR) is 98.2 cm³/mol. The molecular weight excluding hydrogens is 428 g/mol. The number of anilines is 1. The highest BCUT2D eigenvalue weighted by Gasteiger charge is 2.37. The van der Waals surface area contributed by atoms with Crippen molar-refractivity contribution in [2.45, 2.75) is 32.9 Å². The van der Waals surface area contributed by atoms with Crippen molar-refractivity contribution in [3.63, 3.8) is 0 Å². The minimum Gasteiger partial charge on any atom is -0.450 e. The molecule has 0 bridgehead atoms. The summed E-state index contributed by atoms with van der Waals surface area (Å²) in [5.74, 6) is -9.72. The van der Waals surface area contributed by atoms with Crippen molar-refractivity contribution in [1.82, 2.24) is 0 Å². The molecule has 0 spiro atoms. The second kappa shape index (κ2) is 8.09. The number of ether oxygens (including phenoxy) is 1. The first-order valence-corrected chi connectivity index (χ1v) is 9.08.